The van der Waals surface area contributed by atoms with Crippen molar-refractivity contribution in [1.29, 1.82) is 0 Å². The Kier molecular flexibility index (Phi) is 8.60. The van der Waals surface area contributed by atoms with E-state index in [1.54, 1.807) is 30.4 Å². The molecule has 1 aromatic heterocycles. The van der Waals surface area contributed by atoms with Crippen molar-refractivity contribution in [3.63, 3.8) is 0 Å². The van der Waals surface area contributed by atoms with Crippen molar-refractivity contribution >= 4 is 17.8 Å². The third-order valence-electron chi connectivity index (χ3n) is 2.98. The summed E-state index contributed by atoms with van der Waals surface area (Å²) >= 11 is 0. The maximum Gasteiger partial charge on any atom is 0.232 e. The summed E-state index contributed by atoms with van der Waals surface area (Å²) in [6, 6.07) is 0. The minimum atomic E-state index is 0.492. The molecule has 0 aliphatic heterocycles. The van der Waals surface area contributed by atoms with Crippen LogP contribution in [0.15, 0.2) is 63.3 Å². The number of aromatic nitrogens is 3. The highest BCUT2D eigenvalue weighted by molar-refractivity contribution is 5.47. The van der Waals surface area contributed by atoms with Crippen molar-refractivity contribution in [1.82, 2.24) is 15.0 Å². The largest absolute Gasteiger partial charge is 0.351 e. The Bertz CT molecular complexity index is 519. The molecule has 0 aliphatic carbocycles. The highest BCUT2D eigenvalue weighted by Gasteiger charge is 2.15. The molecule has 1 heterocycles. The van der Waals surface area contributed by atoms with Gasteiger partial charge < -0.3 is 15.1 Å². The van der Waals surface area contributed by atoms with E-state index in [-0.39, 0.29) is 0 Å². The van der Waals surface area contributed by atoms with Crippen LogP contribution in [0.1, 0.15) is 0 Å². The third-order valence-corrected chi connectivity index (χ3v) is 2.98. The fourth-order valence-electron chi connectivity index (χ4n) is 1.98. The smallest absolute Gasteiger partial charge is 0.232 e. The van der Waals surface area contributed by atoms with Gasteiger partial charge in [0.05, 0.1) is 0 Å². The van der Waals surface area contributed by atoms with Gasteiger partial charge >= 0.3 is 0 Å². The Morgan fingerprint density at radius 1 is 0.667 bits per heavy atom. The monoisotopic (exact) mass is 326 g/mol. The SMILES string of the molecule is C=CCNc1nc(N(CC=C)CC=C)nc(N(CC=C)CC=C)n1. The molecule has 0 fully saturated rings. The van der Waals surface area contributed by atoms with Crippen LogP contribution in [0.3, 0.4) is 0 Å². The van der Waals surface area contributed by atoms with E-state index in [1.165, 1.54) is 0 Å². The number of anilines is 3. The van der Waals surface area contributed by atoms with Gasteiger partial charge in [0, 0.05) is 32.7 Å². The van der Waals surface area contributed by atoms with Crippen molar-refractivity contribution in [3.8, 4) is 0 Å². The second kappa shape index (κ2) is 10.8. The van der Waals surface area contributed by atoms with Crippen LogP contribution in [-0.4, -0.2) is 47.7 Å². The molecule has 128 valence electrons. The standard InChI is InChI=1S/C18H26N6/c1-6-11-19-16-20-17(23(12-7-2)13-8-3)22-18(21-16)24(14-9-4)15-10-5/h6-10H,1-5,11-15H2,(H,19,20,21,22). The van der Waals surface area contributed by atoms with Gasteiger partial charge in [-0.1, -0.05) is 30.4 Å². The molecule has 6 heteroatoms. The molecular weight excluding hydrogens is 300 g/mol. The lowest BCUT2D eigenvalue weighted by molar-refractivity contribution is 0.832. The molecule has 0 saturated carbocycles. The summed E-state index contributed by atoms with van der Waals surface area (Å²) in [5.41, 5.74) is 0. The molecule has 24 heavy (non-hydrogen) atoms. The fraction of sp³-hybridized carbons (Fsp3) is 0.278. The van der Waals surface area contributed by atoms with Crippen molar-refractivity contribution in [2.75, 3.05) is 47.8 Å². The molecule has 1 N–H and O–H groups in total. The Labute approximate surface area is 144 Å². The van der Waals surface area contributed by atoms with Crippen LogP contribution in [0.2, 0.25) is 0 Å². The molecular formula is C18H26N6. The number of nitrogens with zero attached hydrogens (tertiary/aromatic N) is 5. The summed E-state index contributed by atoms with van der Waals surface area (Å²) in [6.45, 7) is 21.8. The molecule has 0 atom stereocenters. The molecule has 0 saturated heterocycles. The van der Waals surface area contributed by atoms with Gasteiger partial charge in [-0.3, -0.25) is 0 Å². The third kappa shape index (κ3) is 5.72. The van der Waals surface area contributed by atoms with Crippen LogP contribution in [0, 0.1) is 0 Å². The van der Waals surface area contributed by atoms with Crippen LogP contribution in [0.4, 0.5) is 17.8 Å². The maximum atomic E-state index is 4.59. The first kappa shape index (κ1) is 19.2. The van der Waals surface area contributed by atoms with E-state index in [0.29, 0.717) is 50.6 Å². The summed E-state index contributed by atoms with van der Waals surface area (Å²) < 4.78 is 0. The number of nitrogens with one attached hydrogen (secondary N) is 1. The molecule has 0 spiro atoms. The van der Waals surface area contributed by atoms with E-state index in [9.17, 15) is 0 Å². The molecule has 0 radical (unpaired) electrons. The minimum Gasteiger partial charge on any atom is -0.351 e. The van der Waals surface area contributed by atoms with Gasteiger partial charge in [0.2, 0.25) is 17.8 Å². The van der Waals surface area contributed by atoms with E-state index >= 15 is 0 Å². The highest BCUT2D eigenvalue weighted by atomic mass is 15.4. The first-order valence-corrected chi connectivity index (χ1v) is 7.74. The molecule has 0 aliphatic rings. The molecule has 1 aromatic rings. The van der Waals surface area contributed by atoms with Crippen LogP contribution in [0.5, 0.6) is 0 Å². The molecule has 0 amide bonds. The van der Waals surface area contributed by atoms with Crippen molar-refractivity contribution in [3.05, 3.63) is 63.3 Å². The van der Waals surface area contributed by atoms with E-state index in [1.807, 2.05) is 9.80 Å². The van der Waals surface area contributed by atoms with Gasteiger partial charge in [-0.25, -0.2) is 0 Å². The lowest BCUT2D eigenvalue weighted by Gasteiger charge is -2.24. The average molecular weight is 326 g/mol. The van der Waals surface area contributed by atoms with Gasteiger partial charge in [-0.2, -0.15) is 15.0 Å². The van der Waals surface area contributed by atoms with E-state index in [0.717, 1.165) is 0 Å². The number of rotatable bonds is 13. The van der Waals surface area contributed by atoms with Gasteiger partial charge in [0.25, 0.3) is 0 Å². The fourth-order valence-corrected chi connectivity index (χ4v) is 1.98. The van der Waals surface area contributed by atoms with Gasteiger partial charge in [-0.05, 0) is 0 Å². The summed E-state index contributed by atoms with van der Waals surface area (Å²) in [5, 5.41) is 3.12. The summed E-state index contributed by atoms with van der Waals surface area (Å²) in [5.74, 6) is 1.61. The average Bonchev–Trinajstić information content (AvgIpc) is 2.59. The lowest BCUT2D eigenvalue weighted by Crippen LogP contribution is -2.30. The van der Waals surface area contributed by atoms with E-state index in [2.05, 4.69) is 53.2 Å². The Morgan fingerprint density at radius 2 is 1.08 bits per heavy atom. The van der Waals surface area contributed by atoms with Crippen molar-refractivity contribution in [2.24, 2.45) is 0 Å². The zero-order valence-corrected chi connectivity index (χ0v) is 14.2. The van der Waals surface area contributed by atoms with Crippen molar-refractivity contribution < 1.29 is 0 Å². The van der Waals surface area contributed by atoms with Crippen LogP contribution in [-0.2, 0) is 0 Å². The predicted octanol–water partition coefficient (Wildman–Crippen LogP) is 2.83. The zero-order valence-electron chi connectivity index (χ0n) is 14.2. The normalized spacial score (nSPS) is 9.67. The van der Waals surface area contributed by atoms with Gasteiger partial charge in [-0.15, -0.1) is 32.9 Å². The first-order valence-electron chi connectivity index (χ1n) is 7.74. The van der Waals surface area contributed by atoms with Crippen molar-refractivity contribution in [2.45, 2.75) is 0 Å². The predicted molar refractivity (Wildman–Crippen MR) is 104 cm³/mol. The van der Waals surface area contributed by atoms with Gasteiger partial charge in [0.1, 0.15) is 0 Å². The second-order valence-corrected chi connectivity index (χ2v) is 4.89. The second-order valence-electron chi connectivity index (χ2n) is 4.89. The highest BCUT2D eigenvalue weighted by Crippen LogP contribution is 2.17. The quantitative estimate of drug-likeness (QED) is 0.563. The first-order chi connectivity index (χ1) is 11.7. The Balaban J connectivity index is 3.29. The molecule has 0 aromatic carbocycles. The van der Waals surface area contributed by atoms with E-state index in [4.69, 9.17) is 0 Å². The summed E-state index contributed by atoms with van der Waals surface area (Å²) in [7, 11) is 0. The van der Waals surface area contributed by atoms with Crippen LogP contribution >= 0.6 is 0 Å². The molecule has 6 nitrogen and oxygen atoms in total. The molecule has 0 unspecified atom stereocenters. The summed E-state index contributed by atoms with van der Waals surface area (Å²) in [4.78, 5) is 17.5. The van der Waals surface area contributed by atoms with E-state index < -0.39 is 0 Å². The Hall–Kier alpha value is -2.89. The number of hydrogen-bond acceptors (Lipinski definition) is 6. The lowest BCUT2D eigenvalue weighted by atomic mass is 10.4. The zero-order chi connectivity index (χ0) is 17.8. The molecule has 0 bridgehead atoms. The number of hydrogen-bond donors (Lipinski definition) is 1. The van der Waals surface area contributed by atoms with Gasteiger partial charge in [0.15, 0.2) is 0 Å². The summed E-state index contributed by atoms with van der Waals surface area (Å²) in [6.07, 6.45) is 8.95. The topological polar surface area (TPSA) is 57.2 Å². The van der Waals surface area contributed by atoms with Crippen LogP contribution in [0.25, 0.3) is 0 Å². The van der Waals surface area contributed by atoms with Crippen LogP contribution < -0.4 is 15.1 Å². The Morgan fingerprint density at radius 3 is 1.42 bits per heavy atom. The minimum absolute atomic E-state index is 0.492. The molecule has 1 rings (SSSR count). The maximum absolute atomic E-state index is 4.59.